The Balaban J connectivity index is 0.734. The zero-order chi connectivity index (χ0) is 83.0. The highest BCUT2D eigenvalue weighted by Gasteiger charge is 2.72. The van der Waals surface area contributed by atoms with E-state index >= 15 is 4.79 Å². The maximum Gasteiger partial charge on any atom is 0.335 e. The van der Waals surface area contributed by atoms with Crippen LogP contribution in [0.25, 0.3) is 0 Å². The number of carbonyl (C=O) groups excluding carboxylic acids is 2. The van der Waals surface area contributed by atoms with Gasteiger partial charge in [-0.25, -0.2) is 4.79 Å². The summed E-state index contributed by atoms with van der Waals surface area (Å²) in [6.07, 6.45) is -59.5. The van der Waals surface area contributed by atoms with Gasteiger partial charge in [-0.1, -0.05) is 53.2 Å². The zero-order valence-corrected chi connectivity index (χ0v) is 64.9. The molecule has 46 atom stereocenters. The molecule has 5 aliphatic carbocycles. The predicted molar refractivity (Wildman–Crippen MR) is 372 cm³/mol. The van der Waals surface area contributed by atoms with Crippen molar-refractivity contribution in [2.45, 2.75) is 360 Å². The Bertz CT molecular complexity index is 3360. The summed E-state index contributed by atoms with van der Waals surface area (Å²) >= 11 is 0. The van der Waals surface area contributed by atoms with Crippen LogP contribution in [0.1, 0.15) is 127 Å². The Morgan fingerprint density at radius 2 is 0.939 bits per heavy atom. The maximum atomic E-state index is 15.9. The Kier molecular flexibility index (Phi) is 26.2. The van der Waals surface area contributed by atoms with Gasteiger partial charge in [0, 0.05) is 0 Å². The second kappa shape index (κ2) is 33.7. The first-order chi connectivity index (χ1) is 53.5. The minimum Gasteiger partial charge on any atom is -0.479 e. The molecule has 8 aliphatic heterocycles. The molecule has 0 aromatic heterocycles. The Hall–Kier alpha value is -3.01. The molecule has 0 bridgehead atoms. The molecule has 0 spiro atoms. The van der Waals surface area contributed by atoms with Gasteiger partial charge in [0.25, 0.3) is 0 Å². The molecule has 12 fully saturated rings. The van der Waals surface area contributed by atoms with E-state index in [1.807, 2.05) is 0 Å². The fourth-order valence-electron chi connectivity index (χ4n) is 21.3. The number of aliphatic carboxylic acids is 1. The summed E-state index contributed by atoms with van der Waals surface area (Å²) in [6, 6.07) is 0. The number of allylic oxidation sites excluding steroid dienone is 2. The summed E-state index contributed by atoms with van der Waals surface area (Å²) < 4.78 is 96.5. The molecule has 8 saturated heterocycles. The van der Waals surface area contributed by atoms with Gasteiger partial charge in [-0.2, -0.15) is 0 Å². The first-order valence-corrected chi connectivity index (χ1v) is 39.7. The lowest BCUT2D eigenvalue weighted by Crippen LogP contribution is -2.69. The largest absolute Gasteiger partial charge is 0.479 e. The monoisotopic (exact) mass is 1640 g/mol. The standard InChI is InChI=1S/C75H118O39/c1-26-38(81)42(85)47(90)64(102-26)111-57-52(95)67(104-28(3)54(57)108-65-49(92)44(87)53(27(2)103-65)107-63-51(94)55(33(80)24-101-63)109-61-45(88)39(82)31(78)22-99-61)114-69(98)75-18-16-70(4,5)20-30(75)29-10-11-36-71(6)14-13-37(72(7,25-77)35(71)12-15-74(36,9)73(29,8)17-19-75)106-68-59(113-66-48(91)43(86)41(84)34(21-76)105-66)56(50(93)58(112-68)60(96)97)110-62-46(89)40(83)32(79)23-100-62/h10,25-28,30-59,61-68,76,78-95H,11-24H2,1-9H3,(H,96,97)/t26-,27-,28+,30-,31+,32+,33+,34+,35+,36+,37-,38-,39-,40-,41-,42+,43-,44-,45+,46+,47+,48+,49+,50-,51+,52+,53-,54-,55-,56-,57+,58-,59+,61-,62-,63-,64-,65-,66-,67-,68+,71-,72-,73+,74+,75-/m0/s1. The van der Waals surface area contributed by atoms with Crippen LogP contribution in [0.4, 0.5) is 0 Å². The van der Waals surface area contributed by atoms with Crippen LogP contribution in [0.3, 0.4) is 0 Å². The number of hydrogen-bond donors (Lipinski definition) is 20. The molecule has 20 N–H and O–H groups in total. The summed E-state index contributed by atoms with van der Waals surface area (Å²) in [6.45, 7) is 14.5. The molecule has 0 amide bonds. The fourth-order valence-corrected chi connectivity index (χ4v) is 21.3. The van der Waals surface area contributed by atoms with E-state index in [0.717, 1.165) is 11.9 Å². The average Bonchev–Trinajstić information content (AvgIpc) is 0.673. The van der Waals surface area contributed by atoms with E-state index in [0.29, 0.717) is 57.8 Å². The topological polar surface area (TPSA) is 603 Å². The molecule has 652 valence electrons. The maximum absolute atomic E-state index is 15.9. The lowest BCUT2D eigenvalue weighted by Gasteiger charge is -2.71. The van der Waals surface area contributed by atoms with Gasteiger partial charge in [0.05, 0.1) is 61.7 Å². The Morgan fingerprint density at radius 3 is 1.55 bits per heavy atom. The third-order valence-electron chi connectivity index (χ3n) is 28.5. The summed E-state index contributed by atoms with van der Waals surface area (Å²) in [5.74, 6) is -3.46. The van der Waals surface area contributed by atoms with Crippen LogP contribution in [0.15, 0.2) is 11.6 Å². The van der Waals surface area contributed by atoms with Crippen LogP contribution in [-0.4, -0.2) is 380 Å². The molecule has 13 rings (SSSR count). The van der Waals surface area contributed by atoms with Crippen molar-refractivity contribution in [3.8, 4) is 0 Å². The number of carboxylic acid groups (broad SMARTS) is 1. The van der Waals surface area contributed by atoms with Crippen LogP contribution in [0.5, 0.6) is 0 Å². The minimum atomic E-state index is -2.22. The van der Waals surface area contributed by atoms with Gasteiger partial charge in [-0.05, 0) is 124 Å². The second-order valence-corrected chi connectivity index (χ2v) is 35.8. The van der Waals surface area contributed by atoms with E-state index in [4.69, 9.17) is 75.8 Å². The number of hydrogen-bond acceptors (Lipinski definition) is 38. The number of carboxylic acids is 1. The average molecular weight is 1640 g/mol. The molecule has 13 aliphatic rings. The van der Waals surface area contributed by atoms with Crippen molar-refractivity contribution in [1.29, 1.82) is 0 Å². The molecule has 114 heavy (non-hydrogen) atoms. The van der Waals surface area contributed by atoms with Crippen LogP contribution >= 0.6 is 0 Å². The highest BCUT2D eigenvalue weighted by atomic mass is 16.8. The van der Waals surface area contributed by atoms with Gasteiger partial charge in [-0.15, -0.1) is 0 Å². The van der Waals surface area contributed by atoms with E-state index in [2.05, 4.69) is 40.7 Å². The first kappa shape index (κ1) is 88.8. The van der Waals surface area contributed by atoms with Crippen molar-refractivity contribution in [1.82, 2.24) is 0 Å². The second-order valence-electron chi connectivity index (χ2n) is 35.8. The molecule has 0 aromatic carbocycles. The molecule has 39 heteroatoms. The van der Waals surface area contributed by atoms with Crippen molar-refractivity contribution < 1.29 is 192 Å². The Labute approximate surface area is 656 Å². The molecule has 8 heterocycles. The molecule has 0 radical (unpaired) electrons. The number of aliphatic hydroxyl groups is 19. The van der Waals surface area contributed by atoms with Gasteiger partial charge in [0.15, 0.2) is 50.1 Å². The smallest absolute Gasteiger partial charge is 0.335 e. The van der Waals surface area contributed by atoms with E-state index in [9.17, 15) is 112 Å². The highest BCUT2D eigenvalue weighted by molar-refractivity contribution is 5.79. The molecule has 0 aromatic rings. The van der Waals surface area contributed by atoms with Crippen molar-refractivity contribution in [2.75, 3.05) is 26.4 Å². The van der Waals surface area contributed by atoms with Crippen LogP contribution in [-0.2, 0) is 90.2 Å². The van der Waals surface area contributed by atoms with E-state index in [1.165, 1.54) is 20.8 Å². The number of aliphatic hydroxyl groups excluding tert-OH is 19. The number of esters is 1. The lowest BCUT2D eigenvalue weighted by atomic mass is 9.33. The van der Waals surface area contributed by atoms with Crippen molar-refractivity contribution in [3.05, 3.63) is 11.6 Å². The summed E-state index contributed by atoms with van der Waals surface area (Å²) in [5, 5.41) is 220. The third-order valence-corrected chi connectivity index (χ3v) is 28.5. The highest BCUT2D eigenvalue weighted by Crippen LogP contribution is 2.76. The predicted octanol–water partition coefficient (Wildman–Crippen LogP) is -6.47. The van der Waals surface area contributed by atoms with E-state index < -0.39 is 311 Å². The van der Waals surface area contributed by atoms with Crippen molar-refractivity contribution in [3.63, 3.8) is 0 Å². The molecular formula is C75H118O39. The molecule has 4 saturated carbocycles. The summed E-state index contributed by atoms with van der Waals surface area (Å²) in [7, 11) is 0. The number of rotatable bonds is 19. The third kappa shape index (κ3) is 15.5. The number of fused-ring (bicyclic) bond motifs is 7. The Morgan fingerprint density at radius 1 is 0.447 bits per heavy atom. The van der Waals surface area contributed by atoms with Crippen molar-refractivity contribution >= 4 is 18.2 Å². The van der Waals surface area contributed by atoms with Crippen LogP contribution < -0.4 is 0 Å². The molecule has 39 nitrogen and oxygen atoms in total. The SMILES string of the molecule is C[C@@H]1O[C@@H](O[C@@H]2[C@@H](O)[C@H](OC(=O)[C@]34CCC(C)(C)C[C@H]3C3=CC[C@@H]5[C@@]6(C)CC[C@H](O[C@@H]7O[C@H](C(=O)O)[C@@H](O)[C@H](O[C@@H]8OC[C@@H](O)[C@H](O)[C@H]8O)[C@H]7O[C@@H]7O[C@H](CO)[C@H](O)[C@H](O)[C@H]7O)[C@@](C)(C=O)[C@@H]6CC[C@@]5(C)[C@]3(C)CC4)O[C@H](C)[C@@H]2O[C@@H]2O[C@@H](C)[C@H](O[C@@H]3OC[C@@H](O)[C@H](O[C@@H]4OC[C@@H](O)[C@H](O)[C@H]4O)[C@H]3O)[C@@H](O)[C@H]2O)[C@H](O)[C@H](O)[C@H]1O. The van der Waals surface area contributed by atoms with Gasteiger partial charge in [0.1, 0.15) is 159 Å². The lowest BCUT2D eigenvalue weighted by molar-refractivity contribution is -0.391. The van der Waals surface area contributed by atoms with Gasteiger partial charge < -0.3 is 183 Å². The van der Waals surface area contributed by atoms with Gasteiger partial charge in [0.2, 0.25) is 6.29 Å². The number of aldehydes is 1. The van der Waals surface area contributed by atoms with Gasteiger partial charge >= 0.3 is 11.9 Å². The minimum absolute atomic E-state index is 0.129. The first-order valence-electron chi connectivity index (χ1n) is 39.7. The molecular weight excluding hydrogens is 1520 g/mol. The summed E-state index contributed by atoms with van der Waals surface area (Å²) in [4.78, 5) is 43.2. The van der Waals surface area contributed by atoms with Crippen LogP contribution in [0.2, 0.25) is 0 Å². The van der Waals surface area contributed by atoms with E-state index in [1.54, 1.807) is 6.92 Å². The number of carbonyl (C=O) groups is 3. The normalized spacial score (nSPS) is 55.1. The summed E-state index contributed by atoms with van der Waals surface area (Å²) in [5.41, 5.74) is -3.67. The zero-order valence-electron chi connectivity index (χ0n) is 64.9. The van der Waals surface area contributed by atoms with Crippen LogP contribution in [0, 0.1) is 50.2 Å². The van der Waals surface area contributed by atoms with Gasteiger partial charge in [-0.3, -0.25) is 4.79 Å². The quantitative estimate of drug-likeness (QED) is 0.0247. The fraction of sp³-hybridized carbons (Fsp3) is 0.933. The molecule has 0 unspecified atom stereocenters. The number of ether oxygens (including phenoxy) is 16. The van der Waals surface area contributed by atoms with Crippen molar-refractivity contribution in [2.24, 2.45) is 50.2 Å². The van der Waals surface area contributed by atoms with E-state index in [-0.39, 0.29) is 17.8 Å².